The van der Waals surface area contributed by atoms with Gasteiger partial charge in [-0.2, -0.15) is 10.5 Å². The second kappa shape index (κ2) is 20.9. The lowest BCUT2D eigenvalue weighted by Crippen LogP contribution is -2.11. The molecule has 0 atom stereocenters. The number of pyridine rings is 2. The topological polar surface area (TPSA) is 123 Å². The van der Waals surface area contributed by atoms with Gasteiger partial charge in [-0.25, -0.2) is 0 Å². The predicted octanol–water partition coefficient (Wildman–Crippen LogP) is 11.2. The lowest BCUT2D eigenvalue weighted by Gasteiger charge is -2.08. The first-order valence-corrected chi connectivity index (χ1v) is 21.1. The molecule has 0 unspecified atom stereocenters. The standard InChI is InChI=1S/C50H56N6O2/c1-5-7-9-11-13-15-31-57-39-27-23-37(24-28-39)47-45-46(50(55-47)42(34-52)44-22-18-20-36(4)54-44)48(56-49(45)41(33-51)43-21-17-19-35(3)53-43)38-25-29-40(30-26-38)58-32-16-14-12-10-8-6-2/h17-30,55-56H,5-16,31-32H2,1-4H3/b49-41-,50-42-. The maximum atomic E-state index is 10.8. The molecular weight excluding hydrogens is 717 g/mol. The molecule has 298 valence electrons. The minimum absolute atomic E-state index is 0.400. The highest BCUT2D eigenvalue weighted by molar-refractivity contribution is 6.07. The molecule has 0 fully saturated rings. The zero-order chi connectivity index (χ0) is 40.7. The summed E-state index contributed by atoms with van der Waals surface area (Å²) in [6.45, 7) is 9.65. The van der Waals surface area contributed by atoms with E-state index in [-0.39, 0.29) is 0 Å². The molecule has 8 nitrogen and oxygen atoms in total. The van der Waals surface area contributed by atoms with E-state index in [9.17, 15) is 10.5 Å². The molecule has 4 heterocycles. The van der Waals surface area contributed by atoms with Crippen LogP contribution in [0.25, 0.3) is 44.4 Å². The van der Waals surface area contributed by atoms with Crippen molar-refractivity contribution in [3.8, 4) is 46.2 Å². The molecule has 2 aromatic carbocycles. The van der Waals surface area contributed by atoms with Gasteiger partial charge in [-0.05, 0) is 111 Å². The number of aryl methyl sites for hydroxylation is 2. The Hall–Kier alpha value is -6.12. The van der Waals surface area contributed by atoms with E-state index in [0.29, 0.717) is 46.4 Å². The van der Waals surface area contributed by atoms with Gasteiger partial charge in [0, 0.05) is 22.2 Å². The van der Waals surface area contributed by atoms with Crippen LogP contribution in [0.5, 0.6) is 11.5 Å². The fourth-order valence-electron chi connectivity index (χ4n) is 7.49. The molecule has 0 saturated carbocycles. The number of unbranched alkanes of at least 4 members (excludes halogenated alkanes) is 10. The average Bonchev–Trinajstić information content (AvgIpc) is 3.81. The fraction of sp³-hybridized carbons (Fsp3) is 0.360. The summed E-state index contributed by atoms with van der Waals surface area (Å²) in [7, 11) is 0. The van der Waals surface area contributed by atoms with Crippen LogP contribution in [0.4, 0.5) is 0 Å². The molecule has 0 aliphatic rings. The second-order valence-electron chi connectivity index (χ2n) is 15.1. The Morgan fingerprint density at radius 2 is 0.897 bits per heavy atom. The van der Waals surface area contributed by atoms with Crippen molar-refractivity contribution in [3.05, 3.63) is 118 Å². The minimum Gasteiger partial charge on any atom is -0.494 e. The normalized spacial score (nSPS) is 12.2. The van der Waals surface area contributed by atoms with Crippen molar-refractivity contribution in [2.24, 2.45) is 0 Å². The highest BCUT2D eigenvalue weighted by atomic mass is 16.5. The summed E-state index contributed by atoms with van der Waals surface area (Å²) >= 11 is 0. The van der Waals surface area contributed by atoms with Gasteiger partial charge in [-0.3, -0.25) is 9.97 Å². The average molecular weight is 773 g/mol. The summed E-state index contributed by atoms with van der Waals surface area (Å²) < 4.78 is 12.3. The highest BCUT2D eigenvalue weighted by Gasteiger charge is 2.23. The minimum atomic E-state index is 0.400. The summed E-state index contributed by atoms with van der Waals surface area (Å²) in [5.74, 6) is 1.60. The Bertz CT molecular complexity index is 2300. The summed E-state index contributed by atoms with van der Waals surface area (Å²) in [5, 5.41) is 24.5. The van der Waals surface area contributed by atoms with Crippen molar-refractivity contribution >= 4 is 21.9 Å². The number of fused-ring (bicyclic) bond motifs is 1. The smallest absolute Gasteiger partial charge is 0.119 e. The van der Waals surface area contributed by atoms with E-state index in [1.165, 1.54) is 51.4 Å². The summed E-state index contributed by atoms with van der Waals surface area (Å²) in [4.78, 5) is 16.9. The Labute approximate surface area is 343 Å². The van der Waals surface area contributed by atoms with Crippen molar-refractivity contribution in [2.75, 3.05) is 13.2 Å². The van der Waals surface area contributed by atoms with E-state index in [2.05, 4.69) is 36.0 Å². The van der Waals surface area contributed by atoms with Crippen LogP contribution >= 0.6 is 0 Å². The Balaban J connectivity index is 1.50. The van der Waals surface area contributed by atoms with Crippen molar-refractivity contribution < 1.29 is 9.47 Å². The van der Waals surface area contributed by atoms with Gasteiger partial charge in [0.2, 0.25) is 0 Å². The summed E-state index contributed by atoms with van der Waals surface area (Å²) in [5.41, 5.74) is 6.85. The van der Waals surface area contributed by atoms with Crippen LogP contribution in [0, 0.1) is 36.5 Å². The zero-order valence-corrected chi connectivity index (χ0v) is 34.6. The molecule has 0 bridgehead atoms. The highest BCUT2D eigenvalue weighted by Crippen LogP contribution is 2.33. The van der Waals surface area contributed by atoms with E-state index >= 15 is 0 Å². The molecule has 58 heavy (non-hydrogen) atoms. The number of aromatic nitrogens is 4. The van der Waals surface area contributed by atoms with E-state index < -0.39 is 0 Å². The lowest BCUT2D eigenvalue weighted by atomic mass is 10.0. The molecule has 4 aromatic heterocycles. The van der Waals surface area contributed by atoms with Gasteiger partial charge in [0.1, 0.15) is 34.8 Å². The van der Waals surface area contributed by atoms with Gasteiger partial charge >= 0.3 is 0 Å². The Kier molecular flexibility index (Phi) is 14.9. The lowest BCUT2D eigenvalue weighted by molar-refractivity contribution is 0.304. The van der Waals surface area contributed by atoms with Gasteiger partial charge in [-0.15, -0.1) is 0 Å². The first-order valence-electron chi connectivity index (χ1n) is 21.1. The molecule has 0 spiro atoms. The number of rotatable bonds is 20. The third kappa shape index (κ3) is 10.2. The molecule has 6 rings (SSSR count). The predicted molar refractivity (Wildman–Crippen MR) is 235 cm³/mol. The number of aromatic amines is 2. The maximum Gasteiger partial charge on any atom is 0.119 e. The molecule has 0 aliphatic heterocycles. The molecule has 0 radical (unpaired) electrons. The summed E-state index contributed by atoms with van der Waals surface area (Å²) in [6, 6.07) is 32.5. The van der Waals surface area contributed by atoms with Gasteiger partial charge in [0.25, 0.3) is 0 Å². The molecular formula is C50H56N6O2. The number of nitriles is 2. The van der Waals surface area contributed by atoms with Crippen LogP contribution in [0.2, 0.25) is 0 Å². The third-order valence-electron chi connectivity index (χ3n) is 10.6. The number of hydrogen-bond acceptors (Lipinski definition) is 6. The van der Waals surface area contributed by atoms with Gasteiger partial charge < -0.3 is 19.4 Å². The van der Waals surface area contributed by atoms with Gasteiger partial charge in [-0.1, -0.05) is 90.2 Å². The fourth-order valence-corrected chi connectivity index (χ4v) is 7.49. The summed E-state index contributed by atoms with van der Waals surface area (Å²) in [6.07, 6.45) is 14.4. The first kappa shape index (κ1) is 41.5. The monoisotopic (exact) mass is 772 g/mol. The number of benzene rings is 2. The van der Waals surface area contributed by atoms with E-state index in [1.807, 2.05) is 98.8 Å². The largest absolute Gasteiger partial charge is 0.494 e. The van der Waals surface area contributed by atoms with Crippen LogP contribution in [-0.2, 0) is 0 Å². The number of nitrogens with one attached hydrogen (secondary N) is 2. The quantitative estimate of drug-likeness (QED) is 0.0745. The maximum absolute atomic E-state index is 10.8. The van der Waals surface area contributed by atoms with Crippen molar-refractivity contribution in [1.29, 1.82) is 10.5 Å². The number of ether oxygens (including phenoxy) is 2. The third-order valence-corrected chi connectivity index (χ3v) is 10.6. The number of hydrogen-bond donors (Lipinski definition) is 2. The van der Waals surface area contributed by atoms with Gasteiger partial charge in [0.15, 0.2) is 0 Å². The first-order chi connectivity index (χ1) is 28.4. The molecule has 0 aliphatic carbocycles. The molecule has 0 saturated heterocycles. The van der Waals surface area contributed by atoms with E-state index in [4.69, 9.17) is 19.4 Å². The van der Waals surface area contributed by atoms with Crippen LogP contribution in [0.3, 0.4) is 0 Å². The molecule has 6 aromatic rings. The van der Waals surface area contributed by atoms with Crippen molar-refractivity contribution in [3.63, 3.8) is 0 Å². The second-order valence-corrected chi connectivity index (χ2v) is 15.1. The number of nitrogens with zero attached hydrogens (tertiary/aromatic N) is 4. The Morgan fingerprint density at radius 3 is 1.26 bits per heavy atom. The molecule has 8 heteroatoms. The van der Waals surface area contributed by atoms with E-state index in [1.54, 1.807) is 0 Å². The zero-order valence-electron chi connectivity index (χ0n) is 34.6. The number of H-pyrrole nitrogens is 2. The van der Waals surface area contributed by atoms with Crippen LogP contribution in [-0.4, -0.2) is 33.1 Å². The Morgan fingerprint density at radius 1 is 0.517 bits per heavy atom. The van der Waals surface area contributed by atoms with Crippen LogP contribution < -0.4 is 20.2 Å². The van der Waals surface area contributed by atoms with Crippen LogP contribution in [0.15, 0.2) is 84.9 Å². The SMILES string of the molecule is CCCCCCCCOc1ccc(-c2[nH]/c(=C(/C#N)c3cccc(C)n3)c3c(-c4ccc(OCCCCCCCC)cc4)[nH]/c(=C(/C#N)c4cccc(C)n4)c23)cc1. The molecule has 2 N–H and O–H groups in total. The molecule has 0 amide bonds. The van der Waals surface area contributed by atoms with Crippen LogP contribution in [0.1, 0.15) is 114 Å². The van der Waals surface area contributed by atoms with E-state index in [0.717, 1.165) is 81.9 Å². The van der Waals surface area contributed by atoms with Crippen molar-refractivity contribution in [2.45, 2.75) is 105 Å². The van der Waals surface area contributed by atoms with Gasteiger partial charge in [0.05, 0.1) is 46.7 Å². The van der Waals surface area contributed by atoms with Crippen molar-refractivity contribution in [1.82, 2.24) is 19.9 Å².